The maximum atomic E-state index is 13.3. The van der Waals surface area contributed by atoms with Gasteiger partial charge in [-0.05, 0) is 54.4 Å². The topological polar surface area (TPSA) is 130 Å². The van der Waals surface area contributed by atoms with Gasteiger partial charge in [-0.1, -0.05) is 6.07 Å². The number of nitrogens with two attached hydrogens (primary N) is 1. The normalized spacial score (nSPS) is 22.3. The van der Waals surface area contributed by atoms with E-state index in [-0.39, 0.29) is 22.7 Å². The zero-order chi connectivity index (χ0) is 23.2. The third-order valence-electron chi connectivity index (χ3n) is 6.67. The fourth-order valence-corrected chi connectivity index (χ4v) is 6.26. The Morgan fingerprint density at radius 2 is 2.12 bits per heavy atom. The third kappa shape index (κ3) is 3.92. The molecule has 0 saturated heterocycles. The van der Waals surface area contributed by atoms with Gasteiger partial charge in [0.05, 0.1) is 19.4 Å². The van der Waals surface area contributed by atoms with Gasteiger partial charge in [0.2, 0.25) is 5.88 Å². The SMILES string of the molecule is COC[C@@H]1CCc2cc3c(c(NC(=O)N=S(N)(=O)c4cnn5c4OC[C@H]5COC)c21)CCC3. The van der Waals surface area contributed by atoms with Crippen molar-refractivity contribution in [3.05, 3.63) is 34.5 Å². The fraction of sp³-hybridized carbons (Fsp3) is 0.545. The Kier molecular flexibility index (Phi) is 5.89. The van der Waals surface area contributed by atoms with E-state index in [1.807, 2.05) is 0 Å². The third-order valence-corrected chi connectivity index (χ3v) is 8.01. The summed E-state index contributed by atoms with van der Waals surface area (Å²) in [5, 5.41) is 13.2. The molecule has 1 unspecified atom stereocenters. The van der Waals surface area contributed by atoms with Crippen LogP contribution in [-0.2, 0) is 38.7 Å². The van der Waals surface area contributed by atoms with Crippen molar-refractivity contribution in [2.45, 2.75) is 49.0 Å². The van der Waals surface area contributed by atoms with Gasteiger partial charge in [-0.3, -0.25) is 0 Å². The van der Waals surface area contributed by atoms with E-state index in [0.29, 0.717) is 19.8 Å². The second-order valence-electron chi connectivity index (χ2n) is 8.78. The minimum absolute atomic E-state index is 0.108. The van der Waals surface area contributed by atoms with Gasteiger partial charge in [-0.15, -0.1) is 4.36 Å². The van der Waals surface area contributed by atoms with Crippen molar-refractivity contribution >= 4 is 21.6 Å². The van der Waals surface area contributed by atoms with Crippen molar-refractivity contribution in [3.8, 4) is 5.88 Å². The number of aromatic nitrogens is 2. The lowest BCUT2D eigenvalue weighted by Gasteiger charge is -2.19. The van der Waals surface area contributed by atoms with Crippen molar-refractivity contribution < 1.29 is 23.2 Å². The van der Waals surface area contributed by atoms with Crippen LogP contribution in [0.5, 0.6) is 5.88 Å². The number of anilines is 1. The molecule has 2 aromatic rings. The maximum Gasteiger partial charge on any atom is 0.354 e. The number of fused-ring (bicyclic) bond motifs is 3. The van der Waals surface area contributed by atoms with Crippen LogP contribution in [0.25, 0.3) is 0 Å². The van der Waals surface area contributed by atoms with Gasteiger partial charge < -0.3 is 19.5 Å². The first kappa shape index (κ1) is 22.3. The van der Waals surface area contributed by atoms with Gasteiger partial charge in [0, 0.05) is 25.8 Å². The second-order valence-corrected chi connectivity index (χ2v) is 10.5. The first-order valence-electron chi connectivity index (χ1n) is 11.1. The van der Waals surface area contributed by atoms with Crippen molar-refractivity contribution in [1.82, 2.24) is 9.78 Å². The van der Waals surface area contributed by atoms with Crippen LogP contribution in [0.1, 0.15) is 47.1 Å². The molecule has 1 aromatic carbocycles. The summed E-state index contributed by atoms with van der Waals surface area (Å²) in [5.41, 5.74) is 5.55. The van der Waals surface area contributed by atoms with E-state index in [9.17, 15) is 9.00 Å². The first-order valence-corrected chi connectivity index (χ1v) is 12.7. The summed E-state index contributed by atoms with van der Waals surface area (Å²) in [6.07, 6.45) is 6.20. The number of urea groups is 1. The molecule has 0 saturated carbocycles. The van der Waals surface area contributed by atoms with Crippen LogP contribution in [0.4, 0.5) is 10.5 Å². The lowest BCUT2D eigenvalue weighted by atomic mass is 9.94. The number of rotatable bonds is 6. The number of ether oxygens (including phenoxy) is 3. The molecule has 1 aromatic heterocycles. The molecule has 1 aliphatic heterocycles. The monoisotopic (exact) mass is 475 g/mol. The Balaban J connectivity index is 1.47. The van der Waals surface area contributed by atoms with E-state index in [1.165, 1.54) is 17.3 Å². The predicted octanol–water partition coefficient (Wildman–Crippen LogP) is 2.56. The number of benzene rings is 1. The Labute approximate surface area is 193 Å². The summed E-state index contributed by atoms with van der Waals surface area (Å²) in [6.45, 7) is 1.31. The molecule has 2 aliphatic carbocycles. The number of nitrogens with zero attached hydrogens (tertiary/aromatic N) is 3. The number of aryl methyl sites for hydroxylation is 2. The molecule has 5 rings (SSSR count). The summed E-state index contributed by atoms with van der Waals surface area (Å²) in [7, 11) is -0.290. The highest BCUT2D eigenvalue weighted by Gasteiger charge is 2.33. The maximum absolute atomic E-state index is 13.3. The number of hydrogen-bond donors (Lipinski definition) is 2. The van der Waals surface area contributed by atoms with Crippen molar-refractivity contribution in [1.29, 1.82) is 0 Å². The smallest absolute Gasteiger partial charge is 0.354 e. The van der Waals surface area contributed by atoms with E-state index in [0.717, 1.165) is 48.9 Å². The fourth-order valence-electron chi connectivity index (χ4n) is 5.27. The number of carbonyl (C=O) groups is 1. The summed E-state index contributed by atoms with van der Waals surface area (Å²) in [6, 6.07) is 1.39. The number of amides is 2. The molecule has 0 bridgehead atoms. The zero-order valence-electron chi connectivity index (χ0n) is 18.8. The van der Waals surface area contributed by atoms with E-state index < -0.39 is 15.9 Å². The molecule has 33 heavy (non-hydrogen) atoms. The van der Waals surface area contributed by atoms with Crippen molar-refractivity contribution in [2.24, 2.45) is 9.50 Å². The van der Waals surface area contributed by atoms with Crippen LogP contribution in [0.3, 0.4) is 0 Å². The van der Waals surface area contributed by atoms with Crippen molar-refractivity contribution in [2.75, 3.05) is 39.4 Å². The lowest BCUT2D eigenvalue weighted by Crippen LogP contribution is -2.19. The first-order chi connectivity index (χ1) is 15.9. The Morgan fingerprint density at radius 3 is 2.91 bits per heavy atom. The molecule has 3 N–H and O–H groups in total. The predicted molar refractivity (Wildman–Crippen MR) is 122 cm³/mol. The highest BCUT2D eigenvalue weighted by molar-refractivity contribution is 7.91. The number of carbonyl (C=O) groups excluding carboxylic acids is 1. The minimum atomic E-state index is -3.56. The summed E-state index contributed by atoms with van der Waals surface area (Å²) in [5.74, 6) is 0.473. The quantitative estimate of drug-likeness (QED) is 0.660. The van der Waals surface area contributed by atoms with Gasteiger partial charge in [-0.25, -0.2) is 18.8 Å². The van der Waals surface area contributed by atoms with Crippen LogP contribution in [0, 0.1) is 0 Å². The van der Waals surface area contributed by atoms with Crippen LogP contribution in [0.2, 0.25) is 0 Å². The van der Waals surface area contributed by atoms with Crippen LogP contribution in [-0.4, -0.2) is 54.1 Å². The van der Waals surface area contributed by atoms with Gasteiger partial charge in [0.15, 0.2) is 9.92 Å². The molecular weight excluding hydrogens is 446 g/mol. The molecule has 10 nitrogen and oxygen atoms in total. The molecule has 0 spiro atoms. The molecule has 2 amide bonds. The van der Waals surface area contributed by atoms with E-state index in [1.54, 1.807) is 18.9 Å². The minimum Gasteiger partial charge on any atom is -0.475 e. The van der Waals surface area contributed by atoms with Gasteiger partial charge in [0.1, 0.15) is 17.5 Å². The average molecular weight is 476 g/mol. The highest BCUT2D eigenvalue weighted by atomic mass is 32.2. The molecule has 0 fully saturated rings. The molecule has 0 radical (unpaired) electrons. The standard InChI is InChI=1S/C22H29N5O5S/c1-30-10-15-7-6-14-8-13-4-3-5-17(13)20(19(14)15)25-22(28)26-33(23,29)18-9-24-27-16(11-31-2)12-32-21(18)27/h8-9,15-16H,3-7,10-12H2,1-2H3,(H3,23,25,26,28,29)/t15-,16+,33?/m0/s1. The Hall–Kier alpha value is -2.47. The van der Waals surface area contributed by atoms with Crippen molar-refractivity contribution in [3.63, 3.8) is 0 Å². The molecule has 3 atom stereocenters. The second kappa shape index (κ2) is 8.71. The Bertz CT molecular complexity index is 1220. The average Bonchev–Trinajstić information content (AvgIpc) is 3.53. The Morgan fingerprint density at radius 1 is 1.30 bits per heavy atom. The molecular formula is C22H29N5O5S. The largest absolute Gasteiger partial charge is 0.475 e. The molecule has 3 aliphatic rings. The lowest BCUT2D eigenvalue weighted by molar-refractivity contribution is 0.145. The molecule has 11 heteroatoms. The number of methoxy groups -OCH3 is 2. The van der Waals surface area contributed by atoms with Gasteiger partial charge in [0.25, 0.3) is 0 Å². The number of nitrogens with one attached hydrogen (secondary N) is 1. The molecule has 178 valence electrons. The van der Waals surface area contributed by atoms with Gasteiger partial charge in [-0.2, -0.15) is 5.10 Å². The summed E-state index contributed by atoms with van der Waals surface area (Å²) in [4.78, 5) is 13.1. The number of hydrogen-bond acceptors (Lipinski definition) is 6. The van der Waals surface area contributed by atoms with Crippen LogP contribution < -0.4 is 15.2 Å². The van der Waals surface area contributed by atoms with Crippen LogP contribution >= 0.6 is 0 Å². The van der Waals surface area contributed by atoms with E-state index >= 15 is 0 Å². The van der Waals surface area contributed by atoms with E-state index in [4.69, 9.17) is 19.3 Å². The highest BCUT2D eigenvalue weighted by Crippen LogP contribution is 2.44. The van der Waals surface area contributed by atoms with Crippen LogP contribution in [0.15, 0.2) is 21.5 Å². The van der Waals surface area contributed by atoms with Gasteiger partial charge >= 0.3 is 6.03 Å². The molecule has 2 heterocycles. The zero-order valence-corrected chi connectivity index (χ0v) is 19.7. The summed E-state index contributed by atoms with van der Waals surface area (Å²) < 4.78 is 35.0. The summed E-state index contributed by atoms with van der Waals surface area (Å²) >= 11 is 0. The van der Waals surface area contributed by atoms with E-state index in [2.05, 4.69) is 20.8 Å².